The van der Waals surface area contributed by atoms with Gasteiger partial charge in [0, 0.05) is 24.0 Å². The maximum Gasteiger partial charge on any atom is 0.220 e. The van der Waals surface area contributed by atoms with Crippen molar-refractivity contribution in [2.45, 2.75) is 26.3 Å². The first-order valence-corrected chi connectivity index (χ1v) is 7.32. The number of hydrogen-bond donors (Lipinski definition) is 0. The quantitative estimate of drug-likeness (QED) is 0.799. The Morgan fingerprint density at radius 2 is 2.26 bits per heavy atom. The lowest BCUT2D eigenvalue weighted by atomic mass is 9.96. The summed E-state index contributed by atoms with van der Waals surface area (Å²) >= 11 is 1.78. The van der Waals surface area contributed by atoms with Crippen LogP contribution in [0.4, 0.5) is 0 Å². The van der Waals surface area contributed by atoms with Crippen LogP contribution in [-0.4, -0.2) is 22.3 Å². The van der Waals surface area contributed by atoms with Crippen molar-refractivity contribution < 1.29 is 4.79 Å². The van der Waals surface area contributed by atoms with Crippen molar-refractivity contribution in [1.82, 2.24) is 9.88 Å². The zero-order chi connectivity index (χ0) is 13.4. The number of aryl methyl sites for hydroxylation is 1. The average Bonchev–Trinajstić information content (AvgIpc) is 2.85. The van der Waals surface area contributed by atoms with Crippen LogP contribution in [-0.2, 0) is 11.2 Å². The van der Waals surface area contributed by atoms with E-state index >= 15 is 0 Å². The molecule has 0 saturated carbocycles. The number of aromatic nitrogens is 1. The van der Waals surface area contributed by atoms with Gasteiger partial charge in [0.1, 0.15) is 6.04 Å². The van der Waals surface area contributed by atoms with Gasteiger partial charge in [-0.05, 0) is 42.5 Å². The van der Waals surface area contributed by atoms with Crippen LogP contribution in [0.2, 0.25) is 0 Å². The number of thiophene rings is 1. The van der Waals surface area contributed by atoms with Crippen molar-refractivity contribution in [3.63, 3.8) is 0 Å². The van der Waals surface area contributed by atoms with Crippen LogP contribution in [0.3, 0.4) is 0 Å². The number of hydrogen-bond acceptors (Lipinski definition) is 3. The summed E-state index contributed by atoms with van der Waals surface area (Å²) in [7, 11) is 0. The lowest BCUT2D eigenvalue weighted by molar-refractivity contribution is -0.130. The van der Waals surface area contributed by atoms with Crippen LogP contribution in [0.15, 0.2) is 29.6 Å². The molecule has 2 aromatic heterocycles. The molecule has 0 aliphatic carbocycles. The Hall–Kier alpha value is -1.68. The number of rotatable bonds is 1. The standard InChI is InChI=1S/C15H16N2OS/c1-10-4-3-5-13(16-10)15-12-7-9-19-14(12)6-8-17(15)11(2)18/h3-5,7,9,15H,6,8H2,1-2H3. The van der Waals surface area contributed by atoms with Gasteiger partial charge in [0.2, 0.25) is 5.91 Å². The van der Waals surface area contributed by atoms with Gasteiger partial charge in [0.15, 0.2) is 0 Å². The molecule has 0 saturated heterocycles. The van der Waals surface area contributed by atoms with Crippen LogP contribution >= 0.6 is 11.3 Å². The number of amides is 1. The smallest absolute Gasteiger partial charge is 0.220 e. The summed E-state index contributed by atoms with van der Waals surface area (Å²) < 4.78 is 0. The monoisotopic (exact) mass is 272 g/mol. The van der Waals surface area contributed by atoms with Crippen LogP contribution in [0.5, 0.6) is 0 Å². The predicted octanol–water partition coefficient (Wildman–Crippen LogP) is 2.95. The Labute approximate surface area is 116 Å². The average molecular weight is 272 g/mol. The van der Waals surface area contributed by atoms with Gasteiger partial charge >= 0.3 is 0 Å². The molecule has 1 aliphatic heterocycles. The van der Waals surface area contributed by atoms with E-state index < -0.39 is 0 Å². The van der Waals surface area contributed by atoms with E-state index in [4.69, 9.17) is 0 Å². The number of nitrogens with zero attached hydrogens (tertiary/aromatic N) is 2. The van der Waals surface area contributed by atoms with E-state index in [0.717, 1.165) is 24.4 Å². The summed E-state index contributed by atoms with van der Waals surface area (Å²) in [6, 6.07) is 8.12. The first-order valence-electron chi connectivity index (χ1n) is 6.44. The summed E-state index contributed by atoms with van der Waals surface area (Å²) in [6.45, 7) is 4.41. The Morgan fingerprint density at radius 3 is 3.00 bits per heavy atom. The molecular formula is C15H16N2OS. The minimum absolute atomic E-state index is 0.0209. The van der Waals surface area contributed by atoms with Crippen molar-refractivity contribution in [2.75, 3.05) is 6.54 Å². The molecule has 2 aromatic rings. The molecule has 3 nitrogen and oxygen atoms in total. The topological polar surface area (TPSA) is 33.2 Å². The van der Waals surface area contributed by atoms with Gasteiger partial charge in [0.05, 0.1) is 5.69 Å². The van der Waals surface area contributed by atoms with Gasteiger partial charge in [-0.3, -0.25) is 9.78 Å². The maximum atomic E-state index is 11.9. The Morgan fingerprint density at radius 1 is 1.42 bits per heavy atom. The minimum Gasteiger partial charge on any atom is -0.330 e. The summed E-state index contributed by atoms with van der Waals surface area (Å²) in [4.78, 5) is 19.8. The second-order valence-electron chi connectivity index (χ2n) is 4.87. The third-order valence-corrected chi connectivity index (χ3v) is 4.56. The summed E-state index contributed by atoms with van der Waals surface area (Å²) in [5.41, 5.74) is 3.20. The summed E-state index contributed by atoms with van der Waals surface area (Å²) in [5.74, 6) is 0.116. The molecule has 3 rings (SSSR count). The molecule has 1 aliphatic rings. The predicted molar refractivity (Wildman–Crippen MR) is 76.2 cm³/mol. The molecule has 3 heterocycles. The zero-order valence-corrected chi connectivity index (χ0v) is 11.9. The fourth-order valence-corrected chi connectivity index (χ4v) is 3.59. The van der Waals surface area contributed by atoms with E-state index in [9.17, 15) is 4.79 Å². The maximum absolute atomic E-state index is 11.9. The van der Waals surface area contributed by atoms with Crippen molar-refractivity contribution in [3.05, 3.63) is 51.5 Å². The van der Waals surface area contributed by atoms with Crippen molar-refractivity contribution in [2.24, 2.45) is 0 Å². The third-order valence-electron chi connectivity index (χ3n) is 3.56. The van der Waals surface area contributed by atoms with E-state index in [0.29, 0.717) is 0 Å². The van der Waals surface area contributed by atoms with Crippen molar-refractivity contribution >= 4 is 17.2 Å². The summed E-state index contributed by atoms with van der Waals surface area (Å²) in [5, 5.41) is 2.11. The SMILES string of the molecule is CC(=O)N1CCc2sccc2C1c1cccc(C)n1. The number of carbonyl (C=O) groups is 1. The van der Waals surface area contributed by atoms with Gasteiger partial charge in [-0.15, -0.1) is 11.3 Å². The fraction of sp³-hybridized carbons (Fsp3) is 0.333. The van der Waals surface area contributed by atoms with Crippen LogP contribution < -0.4 is 0 Å². The molecular weight excluding hydrogens is 256 g/mol. The molecule has 98 valence electrons. The van der Waals surface area contributed by atoms with Crippen LogP contribution in [0, 0.1) is 6.92 Å². The lowest BCUT2D eigenvalue weighted by Crippen LogP contribution is -2.39. The molecule has 0 N–H and O–H groups in total. The molecule has 0 spiro atoms. The normalized spacial score (nSPS) is 18.2. The Balaban J connectivity index is 2.11. The van der Waals surface area contributed by atoms with Crippen LogP contribution in [0.1, 0.15) is 34.8 Å². The highest BCUT2D eigenvalue weighted by Gasteiger charge is 2.31. The van der Waals surface area contributed by atoms with E-state index in [2.05, 4.69) is 16.4 Å². The van der Waals surface area contributed by atoms with Crippen LogP contribution in [0.25, 0.3) is 0 Å². The Bertz CT molecular complexity index is 620. The second kappa shape index (κ2) is 4.78. The summed E-state index contributed by atoms with van der Waals surface area (Å²) in [6.07, 6.45) is 0.953. The first kappa shape index (κ1) is 12.4. The van der Waals surface area contributed by atoms with Crippen molar-refractivity contribution in [1.29, 1.82) is 0 Å². The fourth-order valence-electron chi connectivity index (χ4n) is 2.69. The van der Waals surface area contributed by atoms with E-state index in [1.165, 1.54) is 10.4 Å². The number of fused-ring (bicyclic) bond motifs is 1. The van der Waals surface area contributed by atoms with Crippen molar-refractivity contribution in [3.8, 4) is 0 Å². The molecule has 0 bridgehead atoms. The van der Waals surface area contributed by atoms with Gasteiger partial charge in [-0.25, -0.2) is 0 Å². The lowest BCUT2D eigenvalue weighted by Gasteiger charge is -2.35. The molecule has 1 amide bonds. The van der Waals surface area contributed by atoms with Gasteiger partial charge in [-0.2, -0.15) is 0 Å². The zero-order valence-electron chi connectivity index (χ0n) is 11.1. The molecule has 19 heavy (non-hydrogen) atoms. The molecule has 4 heteroatoms. The largest absolute Gasteiger partial charge is 0.330 e. The highest BCUT2D eigenvalue weighted by atomic mass is 32.1. The third kappa shape index (κ3) is 2.16. The molecule has 1 atom stereocenters. The Kier molecular flexibility index (Phi) is 3.11. The molecule has 0 radical (unpaired) electrons. The second-order valence-corrected chi connectivity index (χ2v) is 5.87. The van der Waals surface area contributed by atoms with Gasteiger partial charge < -0.3 is 4.90 Å². The van der Waals surface area contributed by atoms with E-state index in [1.54, 1.807) is 18.3 Å². The molecule has 0 fully saturated rings. The number of carbonyl (C=O) groups excluding carboxylic acids is 1. The molecule has 0 aromatic carbocycles. The number of pyridine rings is 1. The first-order chi connectivity index (χ1) is 9.16. The van der Waals surface area contributed by atoms with E-state index in [-0.39, 0.29) is 11.9 Å². The van der Waals surface area contributed by atoms with Gasteiger partial charge in [-0.1, -0.05) is 6.07 Å². The highest BCUT2D eigenvalue weighted by molar-refractivity contribution is 7.10. The van der Waals surface area contributed by atoms with E-state index in [1.807, 2.05) is 30.0 Å². The highest BCUT2D eigenvalue weighted by Crippen LogP contribution is 2.36. The minimum atomic E-state index is -0.0209. The molecule has 1 unspecified atom stereocenters. The van der Waals surface area contributed by atoms with Gasteiger partial charge in [0.25, 0.3) is 0 Å².